The SMILES string of the molecule is CC[C@H]1CC(C)(C)N(c2nc(-n3ccc(OCC4(C(F)(F)F)CC4)n3)ccc2C(=O)NS(=O)(=O)c2ccccc2C#N)CC1C. The first-order chi connectivity index (χ1) is 21.1. The van der Waals surface area contributed by atoms with E-state index in [2.05, 4.69) is 23.7 Å². The Balaban J connectivity index is 1.49. The molecule has 1 aliphatic carbocycles. The van der Waals surface area contributed by atoms with Gasteiger partial charge in [-0.15, -0.1) is 5.10 Å². The Morgan fingerprint density at radius 2 is 1.89 bits per heavy atom. The summed E-state index contributed by atoms with van der Waals surface area (Å²) in [6.07, 6.45) is -1.08. The van der Waals surface area contributed by atoms with Gasteiger partial charge >= 0.3 is 6.18 Å². The van der Waals surface area contributed by atoms with Crippen molar-refractivity contribution in [1.29, 1.82) is 5.26 Å². The molecule has 2 fully saturated rings. The van der Waals surface area contributed by atoms with E-state index in [1.807, 2.05) is 24.8 Å². The number of aromatic nitrogens is 3. The van der Waals surface area contributed by atoms with Crippen LogP contribution in [0.5, 0.6) is 5.88 Å². The molecule has 0 bridgehead atoms. The van der Waals surface area contributed by atoms with Gasteiger partial charge in [0.15, 0.2) is 5.82 Å². The van der Waals surface area contributed by atoms with Crippen LogP contribution in [-0.4, -0.2) is 54.0 Å². The van der Waals surface area contributed by atoms with Gasteiger partial charge in [0.05, 0.1) is 11.1 Å². The fourth-order valence-corrected chi connectivity index (χ4v) is 7.04. The Morgan fingerprint density at radius 3 is 2.53 bits per heavy atom. The molecule has 1 unspecified atom stereocenters. The number of rotatable bonds is 9. The normalized spacial score (nSPS) is 20.7. The number of nitrogens with zero attached hydrogens (tertiary/aromatic N) is 5. The summed E-state index contributed by atoms with van der Waals surface area (Å²) in [6.45, 7) is 8.32. The zero-order chi connectivity index (χ0) is 32.8. The van der Waals surface area contributed by atoms with Crippen molar-refractivity contribution in [2.75, 3.05) is 18.1 Å². The van der Waals surface area contributed by atoms with Gasteiger partial charge in [0.1, 0.15) is 28.8 Å². The van der Waals surface area contributed by atoms with Gasteiger partial charge in [-0.2, -0.15) is 18.4 Å². The number of benzene rings is 1. The van der Waals surface area contributed by atoms with Gasteiger partial charge in [0.2, 0.25) is 5.88 Å². The molecule has 3 aromatic rings. The van der Waals surface area contributed by atoms with Crippen LogP contribution in [0, 0.1) is 28.6 Å². The number of ether oxygens (including phenoxy) is 1. The van der Waals surface area contributed by atoms with Gasteiger partial charge < -0.3 is 9.64 Å². The van der Waals surface area contributed by atoms with E-state index in [-0.39, 0.29) is 52.3 Å². The molecule has 2 atom stereocenters. The van der Waals surface area contributed by atoms with Crippen molar-refractivity contribution in [2.45, 2.75) is 70.0 Å². The molecule has 1 saturated carbocycles. The van der Waals surface area contributed by atoms with Crippen molar-refractivity contribution < 1.29 is 31.1 Å². The highest BCUT2D eigenvalue weighted by Gasteiger charge is 2.64. The fraction of sp³-hybridized carbons (Fsp3) is 0.484. The van der Waals surface area contributed by atoms with Crippen LogP contribution in [0.1, 0.15) is 69.3 Å². The van der Waals surface area contributed by atoms with E-state index < -0.39 is 39.7 Å². The molecule has 1 aliphatic heterocycles. The van der Waals surface area contributed by atoms with Crippen LogP contribution in [0.2, 0.25) is 0 Å². The summed E-state index contributed by atoms with van der Waals surface area (Å²) in [5.74, 6) is 0.222. The summed E-state index contributed by atoms with van der Waals surface area (Å²) in [6, 6.07) is 11.8. The summed E-state index contributed by atoms with van der Waals surface area (Å²) in [5, 5.41) is 13.7. The standard InChI is InChI=1S/C31H35F3N6O4S/c1-5-21-16-29(3,4)39(18-20(21)2)27-23(28(41)38-45(42,43)24-9-7-6-8-22(24)17-35)10-11-25(36-27)40-15-12-26(37-40)44-19-30(13-14-30)31(32,33)34/h6-12,15,20-21H,5,13-14,16,18-19H2,1-4H3,(H,38,41)/t20?,21-/m0/s1. The lowest BCUT2D eigenvalue weighted by Gasteiger charge is -2.49. The van der Waals surface area contributed by atoms with Crippen molar-refractivity contribution in [2.24, 2.45) is 17.3 Å². The van der Waals surface area contributed by atoms with Gasteiger partial charge in [-0.25, -0.2) is 22.8 Å². The van der Waals surface area contributed by atoms with Gasteiger partial charge in [-0.05, 0) is 69.2 Å². The predicted octanol–water partition coefficient (Wildman–Crippen LogP) is 5.63. The number of carbonyl (C=O) groups excluding carboxylic acids is 1. The van der Waals surface area contributed by atoms with Crippen molar-refractivity contribution in [3.8, 4) is 17.8 Å². The van der Waals surface area contributed by atoms with E-state index in [0.29, 0.717) is 12.5 Å². The average Bonchev–Trinajstić information content (AvgIpc) is 3.66. The molecule has 1 saturated heterocycles. The van der Waals surface area contributed by atoms with E-state index in [0.717, 1.165) is 12.8 Å². The molecule has 1 aromatic carbocycles. The van der Waals surface area contributed by atoms with Gasteiger partial charge in [-0.1, -0.05) is 32.4 Å². The number of sulfonamides is 1. The fourth-order valence-electron chi connectivity index (χ4n) is 5.92. The summed E-state index contributed by atoms with van der Waals surface area (Å²) in [5.41, 5.74) is -2.42. The number of halogens is 3. The summed E-state index contributed by atoms with van der Waals surface area (Å²) in [4.78, 5) is 20.1. The third-order valence-electron chi connectivity index (χ3n) is 8.93. The van der Waals surface area contributed by atoms with Crippen LogP contribution >= 0.6 is 0 Å². The highest BCUT2D eigenvalue weighted by Crippen LogP contribution is 2.57. The van der Waals surface area contributed by atoms with Gasteiger partial charge in [0.25, 0.3) is 15.9 Å². The quantitative estimate of drug-likeness (QED) is 0.317. The second-order valence-electron chi connectivity index (χ2n) is 12.5. The molecule has 2 aliphatic rings. The lowest BCUT2D eigenvalue weighted by atomic mass is 9.75. The van der Waals surface area contributed by atoms with Crippen molar-refractivity contribution in [3.05, 3.63) is 59.8 Å². The number of alkyl halides is 3. The minimum atomic E-state index is -4.42. The second kappa shape index (κ2) is 11.7. The molecule has 0 radical (unpaired) electrons. The monoisotopic (exact) mass is 644 g/mol. The molecule has 3 heterocycles. The van der Waals surface area contributed by atoms with E-state index in [9.17, 15) is 31.6 Å². The number of anilines is 1. The number of nitrogens with one attached hydrogen (secondary N) is 1. The summed E-state index contributed by atoms with van der Waals surface area (Å²) < 4.78 is 75.4. The number of pyridine rings is 1. The van der Waals surface area contributed by atoms with Crippen LogP contribution in [0.25, 0.3) is 5.82 Å². The van der Waals surface area contributed by atoms with E-state index in [4.69, 9.17) is 9.72 Å². The molecule has 1 amide bonds. The maximum absolute atomic E-state index is 13.7. The maximum atomic E-state index is 13.7. The summed E-state index contributed by atoms with van der Waals surface area (Å²) >= 11 is 0. The Labute approximate surface area is 260 Å². The molecule has 5 rings (SSSR count). The molecule has 10 nitrogen and oxygen atoms in total. The Morgan fingerprint density at radius 1 is 1.18 bits per heavy atom. The largest absolute Gasteiger partial charge is 0.476 e. The first-order valence-electron chi connectivity index (χ1n) is 14.7. The van der Waals surface area contributed by atoms with Crippen molar-refractivity contribution in [3.63, 3.8) is 0 Å². The highest BCUT2D eigenvalue weighted by molar-refractivity contribution is 7.90. The number of hydrogen-bond acceptors (Lipinski definition) is 8. The molecule has 45 heavy (non-hydrogen) atoms. The molecular formula is C31H35F3N6O4S. The van der Waals surface area contributed by atoms with E-state index >= 15 is 0 Å². The van der Waals surface area contributed by atoms with E-state index in [1.165, 1.54) is 53.3 Å². The minimum absolute atomic E-state index is 0.00327. The Bertz CT molecular complexity index is 1740. The lowest BCUT2D eigenvalue weighted by molar-refractivity contribution is -0.194. The number of hydrogen-bond donors (Lipinski definition) is 1. The van der Waals surface area contributed by atoms with Gasteiger partial charge in [0, 0.05) is 24.3 Å². The molecule has 14 heteroatoms. The van der Waals surface area contributed by atoms with Crippen LogP contribution in [-0.2, 0) is 10.0 Å². The van der Waals surface area contributed by atoms with Crippen LogP contribution in [0.3, 0.4) is 0 Å². The maximum Gasteiger partial charge on any atom is 0.397 e. The molecule has 1 N–H and O–H groups in total. The Hall–Kier alpha value is -4.12. The minimum Gasteiger partial charge on any atom is -0.476 e. The third-order valence-corrected chi connectivity index (χ3v) is 10.3. The smallest absolute Gasteiger partial charge is 0.397 e. The second-order valence-corrected chi connectivity index (χ2v) is 14.2. The summed E-state index contributed by atoms with van der Waals surface area (Å²) in [7, 11) is -4.42. The third kappa shape index (κ3) is 6.36. The molecule has 0 spiro atoms. The van der Waals surface area contributed by atoms with Crippen LogP contribution in [0.15, 0.2) is 53.6 Å². The van der Waals surface area contributed by atoms with Crippen LogP contribution in [0.4, 0.5) is 19.0 Å². The van der Waals surface area contributed by atoms with E-state index in [1.54, 1.807) is 0 Å². The lowest BCUT2D eigenvalue weighted by Crippen LogP contribution is -2.54. The predicted molar refractivity (Wildman–Crippen MR) is 159 cm³/mol. The zero-order valence-electron chi connectivity index (χ0n) is 25.4. The molecular weight excluding hydrogens is 609 g/mol. The number of amides is 1. The molecule has 240 valence electrons. The zero-order valence-corrected chi connectivity index (χ0v) is 26.2. The van der Waals surface area contributed by atoms with Crippen molar-refractivity contribution in [1.82, 2.24) is 19.5 Å². The van der Waals surface area contributed by atoms with Crippen LogP contribution < -0.4 is 14.4 Å². The highest BCUT2D eigenvalue weighted by atomic mass is 32.2. The Kier molecular flexibility index (Phi) is 8.37. The number of piperidine rings is 1. The number of nitriles is 1. The first-order valence-corrected chi connectivity index (χ1v) is 16.2. The average molecular weight is 645 g/mol. The van der Waals surface area contributed by atoms with Crippen molar-refractivity contribution >= 4 is 21.7 Å². The first kappa shape index (κ1) is 32.3. The topological polar surface area (TPSA) is 130 Å². The number of carbonyl (C=O) groups is 1. The van der Waals surface area contributed by atoms with Gasteiger partial charge in [-0.3, -0.25) is 4.79 Å². The molecule has 2 aromatic heterocycles.